The zero-order chi connectivity index (χ0) is 24.8. The average molecular weight is 453 g/mol. The summed E-state index contributed by atoms with van der Waals surface area (Å²) >= 11 is 0. The minimum atomic E-state index is -1.59. The SMILES string of the molecule is CCOC(=O)C1(C(=O)OCC)C(c2ccccc2)C12C=C(C(C)(C)C)C(=O)C(C(C)(C)C)=C2. The molecule has 1 aromatic carbocycles. The Morgan fingerprint density at radius 3 is 1.61 bits per heavy atom. The van der Waals surface area contributed by atoms with Crippen molar-refractivity contribution in [2.45, 2.75) is 61.3 Å². The van der Waals surface area contributed by atoms with E-state index < -0.39 is 39.5 Å². The molecular formula is C28H36O5. The molecule has 1 atom stereocenters. The molecule has 0 N–H and O–H groups in total. The summed E-state index contributed by atoms with van der Waals surface area (Å²) in [7, 11) is 0. The first-order valence-corrected chi connectivity index (χ1v) is 11.7. The van der Waals surface area contributed by atoms with E-state index in [4.69, 9.17) is 9.47 Å². The molecule has 5 heteroatoms. The highest BCUT2D eigenvalue weighted by atomic mass is 16.6. The van der Waals surface area contributed by atoms with E-state index in [2.05, 4.69) is 0 Å². The number of allylic oxidation sites excluding steroid dienone is 4. The van der Waals surface area contributed by atoms with Crippen molar-refractivity contribution in [3.63, 3.8) is 0 Å². The third-order valence-corrected chi connectivity index (χ3v) is 6.71. The molecule has 0 saturated heterocycles. The lowest BCUT2D eigenvalue weighted by Crippen LogP contribution is -2.38. The van der Waals surface area contributed by atoms with Gasteiger partial charge in [-0.05, 0) is 30.2 Å². The lowest BCUT2D eigenvalue weighted by Gasteiger charge is -2.34. The number of ether oxygens (including phenoxy) is 2. The van der Waals surface area contributed by atoms with E-state index >= 15 is 0 Å². The van der Waals surface area contributed by atoms with Gasteiger partial charge >= 0.3 is 11.9 Å². The largest absolute Gasteiger partial charge is 0.465 e. The lowest BCUT2D eigenvalue weighted by atomic mass is 9.68. The Morgan fingerprint density at radius 2 is 1.24 bits per heavy atom. The first-order valence-electron chi connectivity index (χ1n) is 11.7. The van der Waals surface area contributed by atoms with Crippen molar-refractivity contribution >= 4 is 17.7 Å². The molecule has 1 fully saturated rings. The van der Waals surface area contributed by atoms with E-state index in [0.717, 1.165) is 5.56 Å². The molecule has 2 aliphatic carbocycles. The highest BCUT2D eigenvalue weighted by Gasteiger charge is 2.85. The van der Waals surface area contributed by atoms with Gasteiger partial charge in [0.25, 0.3) is 0 Å². The first-order chi connectivity index (χ1) is 15.3. The molecule has 2 aliphatic rings. The number of Topliss-reactive ketones (excluding diaryl/α,β-unsaturated/α-hetero) is 1. The van der Waals surface area contributed by atoms with Gasteiger partial charge in [0.15, 0.2) is 11.2 Å². The summed E-state index contributed by atoms with van der Waals surface area (Å²) in [6.45, 7) is 15.6. The van der Waals surface area contributed by atoms with Crippen LogP contribution in [-0.4, -0.2) is 30.9 Å². The maximum atomic E-state index is 13.6. The third-order valence-electron chi connectivity index (χ3n) is 6.71. The number of hydrogen-bond donors (Lipinski definition) is 0. The number of rotatable bonds is 5. The average Bonchev–Trinajstić information content (AvgIpc) is 3.31. The van der Waals surface area contributed by atoms with E-state index in [1.165, 1.54) is 0 Å². The minimum absolute atomic E-state index is 0.0408. The normalized spacial score (nSPS) is 21.2. The molecule has 1 unspecified atom stereocenters. The van der Waals surface area contributed by atoms with Gasteiger partial charge in [0.05, 0.1) is 13.2 Å². The molecule has 1 spiro atoms. The van der Waals surface area contributed by atoms with Gasteiger partial charge in [-0.1, -0.05) is 84.0 Å². The molecule has 1 saturated carbocycles. The molecular weight excluding hydrogens is 416 g/mol. The molecule has 0 aromatic heterocycles. The van der Waals surface area contributed by atoms with Crippen molar-refractivity contribution in [1.29, 1.82) is 0 Å². The van der Waals surface area contributed by atoms with Gasteiger partial charge in [-0.3, -0.25) is 14.4 Å². The standard InChI is InChI=1S/C28H36O5/c1-9-32-23(30)28(24(31)33-10-2)22(18-14-12-11-13-15-18)27(28)16-19(25(3,4)5)21(29)20(17-27)26(6,7)8/h11-17,22H,9-10H2,1-8H3. The van der Waals surface area contributed by atoms with E-state index in [1.54, 1.807) is 13.8 Å². The molecule has 0 bridgehead atoms. The predicted molar refractivity (Wildman–Crippen MR) is 127 cm³/mol. The Bertz CT molecular complexity index is 963. The number of benzene rings is 1. The highest BCUT2D eigenvalue weighted by molar-refractivity contribution is 6.15. The Kier molecular flexibility index (Phi) is 6.25. The molecule has 1 aromatic rings. The topological polar surface area (TPSA) is 69.7 Å². The number of hydrogen-bond acceptors (Lipinski definition) is 5. The summed E-state index contributed by atoms with van der Waals surface area (Å²) in [5.41, 5.74) is -1.55. The summed E-state index contributed by atoms with van der Waals surface area (Å²) in [5.74, 6) is -1.80. The number of esters is 2. The maximum Gasteiger partial charge on any atom is 0.325 e. The Balaban J connectivity index is 2.42. The highest BCUT2D eigenvalue weighted by Crippen LogP contribution is 2.78. The van der Waals surface area contributed by atoms with Crippen molar-refractivity contribution in [1.82, 2.24) is 0 Å². The maximum absolute atomic E-state index is 13.6. The fourth-order valence-electron chi connectivity index (χ4n) is 5.16. The number of carbonyl (C=O) groups is 3. The van der Waals surface area contributed by atoms with E-state index in [-0.39, 0.29) is 19.0 Å². The smallest absolute Gasteiger partial charge is 0.325 e. The van der Waals surface area contributed by atoms with Crippen LogP contribution in [0, 0.1) is 21.7 Å². The van der Waals surface area contributed by atoms with Crippen LogP contribution >= 0.6 is 0 Å². The molecule has 3 rings (SSSR count). The molecule has 5 nitrogen and oxygen atoms in total. The fraction of sp³-hybridized carbons (Fsp3) is 0.536. The van der Waals surface area contributed by atoms with E-state index in [0.29, 0.717) is 11.1 Å². The van der Waals surface area contributed by atoms with Crippen LogP contribution in [0.3, 0.4) is 0 Å². The van der Waals surface area contributed by atoms with Gasteiger partial charge in [-0.25, -0.2) is 0 Å². The Hall–Kier alpha value is -2.69. The van der Waals surface area contributed by atoms with Crippen molar-refractivity contribution < 1.29 is 23.9 Å². The van der Waals surface area contributed by atoms with Gasteiger partial charge < -0.3 is 9.47 Å². The van der Waals surface area contributed by atoms with Crippen LogP contribution in [0.5, 0.6) is 0 Å². The second-order valence-electron chi connectivity index (χ2n) is 11.0. The zero-order valence-corrected chi connectivity index (χ0v) is 21.1. The van der Waals surface area contributed by atoms with Gasteiger partial charge in [0.1, 0.15) is 0 Å². The summed E-state index contributed by atoms with van der Waals surface area (Å²) in [5, 5.41) is 0. The van der Waals surface area contributed by atoms with Crippen molar-refractivity contribution in [3.8, 4) is 0 Å². The van der Waals surface area contributed by atoms with Crippen LogP contribution < -0.4 is 0 Å². The van der Waals surface area contributed by atoms with Gasteiger partial charge in [0.2, 0.25) is 0 Å². The molecule has 0 amide bonds. The summed E-state index contributed by atoms with van der Waals surface area (Å²) in [6.07, 6.45) is 3.71. The monoisotopic (exact) mass is 452 g/mol. The number of carbonyl (C=O) groups excluding carboxylic acids is 3. The van der Waals surface area contributed by atoms with Crippen LogP contribution in [0.1, 0.15) is 66.9 Å². The van der Waals surface area contributed by atoms with E-state index in [9.17, 15) is 14.4 Å². The van der Waals surface area contributed by atoms with Gasteiger partial charge in [-0.2, -0.15) is 0 Å². The molecule has 33 heavy (non-hydrogen) atoms. The predicted octanol–water partition coefficient (Wildman–Crippen LogP) is 5.41. The quantitative estimate of drug-likeness (QED) is 0.441. The van der Waals surface area contributed by atoms with Crippen LogP contribution in [0.2, 0.25) is 0 Å². The van der Waals surface area contributed by atoms with Crippen LogP contribution in [-0.2, 0) is 23.9 Å². The second-order valence-corrected chi connectivity index (χ2v) is 11.0. The van der Waals surface area contributed by atoms with E-state index in [1.807, 2.05) is 84.0 Å². The van der Waals surface area contributed by atoms with Gasteiger partial charge in [0, 0.05) is 22.5 Å². The second kappa shape index (κ2) is 8.27. The Labute approximate surface area is 197 Å². The first kappa shape index (κ1) is 24.9. The fourth-order valence-corrected chi connectivity index (χ4v) is 5.16. The summed E-state index contributed by atoms with van der Waals surface area (Å²) in [4.78, 5) is 40.9. The summed E-state index contributed by atoms with van der Waals surface area (Å²) < 4.78 is 11.0. The van der Waals surface area contributed by atoms with Gasteiger partial charge in [-0.15, -0.1) is 0 Å². The molecule has 0 radical (unpaired) electrons. The number of ketones is 1. The molecule has 178 valence electrons. The van der Waals surface area contributed by atoms with Crippen LogP contribution in [0.15, 0.2) is 53.6 Å². The minimum Gasteiger partial charge on any atom is -0.465 e. The third kappa shape index (κ3) is 3.75. The van der Waals surface area contributed by atoms with Crippen LogP contribution in [0.4, 0.5) is 0 Å². The molecule has 0 aliphatic heterocycles. The molecule has 0 heterocycles. The Morgan fingerprint density at radius 1 is 0.818 bits per heavy atom. The van der Waals surface area contributed by atoms with Crippen LogP contribution in [0.25, 0.3) is 0 Å². The van der Waals surface area contributed by atoms with Crippen molar-refractivity contribution in [3.05, 3.63) is 59.2 Å². The summed E-state index contributed by atoms with van der Waals surface area (Å²) in [6, 6.07) is 9.50. The zero-order valence-electron chi connectivity index (χ0n) is 21.1. The lowest BCUT2D eigenvalue weighted by molar-refractivity contribution is -0.165. The van der Waals surface area contributed by atoms with Crippen molar-refractivity contribution in [2.75, 3.05) is 13.2 Å². The van der Waals surface area contributed by atoms with Crippen molar-refractivity contribution in [2.24, 2.45) is 21.7 Å².